The molecule has 3 rings (SSSR count). The molecule has 0 bridgehead atoms. The van der Waals surface area contributed by atoms with Crippen molar-refractivity contribution in [2.45, 2.75) is 46.5 Å². The van der Waals surface area contributed by atoms with Gasteiger partial charge >= 0.3 is 0 Å². The first-order valence-electron chi connectivity index (χ1n) is 8.97. The molecule has 2 N–H and O–H groups in total. The SMILES string of the molecule is CC(C)(C)[C@H]1CCc2sc(C(=O)NNC(=O)[C@H]3CCS(=O)(=O)C3)cc2C1. The van der Waals surface area contributed by atoms with E-state index < -0.39 is 21.7 Å². The first kappa shape index (κ1) is 19.4. The van der Waals surface area contributed by atoms with Crippen LogP contribution in [0.5, 0.6) is 0 Å². The fourth-order valence-corrected chi connectivity index (χ4v) is 6.50. The van der Waals surface area contributed by atoms with E-state index >= 15 is 0 Å². The highest BCUT2D eigenvalue weighted by Crippen LogP contribution is 2.40. The van der Waals surface area contributed by atoms with Gasteiger partial charge in [0, 0.05) is 4.88 Å². The molecular weight excluding hydrogens is 372 g/mol. The second-order valence-electron chi connectivity index (χ2n) is 8.41. The van der Waals surface area contributed by atoms with Crippen LogP contribution in [0, 0.1) is 17.3 Å². The van der Waals surface area contributed by atoms with Gasteiger partial charge in [-0.2, -0.15) is 0 Å². The van der Waals surface area contributed by atoms with Gasteiger partial charge in [-0.25, -0.2) is 8.42 Å². The van der Waals surface area contributed by atoms with Gasteiger partial charge in [0.25, 0.3) is 5.91 Å². The lowest BCUT2D eigenvalue weighted by atomic mass is 9.72. The molecule has 2 amide bonds. The van der Waals surface area contributed by atoms with E-state index in [2.05, 4.69) is 31.6 Å². The minimum absolute atomic E-state index is 0.0334. The fraction of sp³-hybridized carbons (Fsp3) is 0.667. The number of hydrogen-bond donors (Lipinski definition) is 2. The van der Waals surface area contributed by atoms with Crippen LogP contribution in [-0.4, -0.2) is 31.7 Å². The van der Waals surface area contributed by atoms with Crippen molar-refractivity contribution in [3.8, 4) is 0 Å². The Morgan fingerprint density at radius 1 is 1.19 bits per heavy atom. The van der Waals surface area contributed by atoms with Crippen LogP contribution in [0.4, 0.5) is 0 Å². The number of carbonyl (C=O) groups excluding carboxylic acids is 2. The van der Waals surface area contributed by atoms with Crippen molar-refractivity contribution in [3.05, 3.63) is 21.4 Å². The van der Waals surface area contributed by atoms with E-state index in [1.54, 1.807) is 0 Å². The highest BCUT2D eigenvalue weighted by atomic mass is 32.2. The molecule has 2 aliphatic rings. The second kappa shape index (κ2) is 6.96. The van der Waals surface area contributed by atoms with Crippen molar-refractivity contribution in [2.75, 3.05) is 11.5 Å². The predicted molar refractivity (Wildman–Crippen MR) is 102 cm³/mol. The summed E-state index contributed by atoms with van der Waals surface area (Å²) in [6.45, 7) is 6.75. The summed E-state index contributed by atoms with van der Waals surface area (Å²) >= 11 is 1.48. The van der Waals surface area contributed by atoms with Gasteiger partial charge in [-0.1, -0.05) is 20.8 Å². The molecule has 1 saturated heterocycles. The van der Waals surface area contributed by atoms with Crippen molar-refractivity contribution in [1.82, 2.24) is 10.9 Å². The van der Waals surface area contributed by atoms with Gasteiger partial charge in [0.2, 0.25) is 5.91 Å². The predicted octanol–water partition coefficient (Wildman–Crippen LogP) is 2.09. The van der Waals surface area contributed by atoms with E-state index in [1.807, 2.05) is 6.07 Å². The van der Waals surface area contributed by atoms with Gasteiger partial charge < -0.3 is 0 Å². The molecule has 8 heteroatoms. The Kier molecular flexibility index (Phi) is 5.18. The molecule has 0 aromatic carbocycles. The maximum absolute atomic E-state index is 12.4. The monoisotopic (exact) mass is 398 g/mol. The Morgan fingerprint density at radius 2 is 1.92 bits per heavy atom. The average molecular weight is 399 g/mol. The third-order valence-corrected chi connectivity index (χ3v) is 8.44. The van der Waals surface area contributed by atoms with Crippen LogP contribution < -0.4 is 10.9 Å². The van der Waals surface area contributed by atoms with Crippen LogP contribution >= 0.6 is 11.3 Å². The van der Waals surface area contributed by atoms with Crippen LogP contribution in [0.15, 0.2) is 6.07 Å². The molecule has 1 aromatic heterocycles. The topological polar surface area (TPSA) is 92.3 Å². The summed E-state index contributed by atoms with van der Waals surface area (Å²) in [5.41, 5.74) is 6.29. The lowest BCUT2D eigenvalue weighted by molar-refractivity contribution is -0.125. The molecule has 26 heavy (non-hydrogen) atoms. The normalized spacial score (nSPS) is 24.7. The van der Waals surface area contributed by atoms with Gasteiger partial charge in [-0.15, -0.1) is 11.3 Å². The van der Waals surface area contributed by atoms with Crippen LogP contribution in [0.25, 0.3) is 0 Å². The number of fused-ring (bicyclic) bond motifs is 1. The molecule has 2 atom stereocenters. The lowest BCUT2D eigenvalue weighted by Gasteiger charge is -2.33. The Labute approximate surface area is 158 Å². The first-order valence-corrected chi connectivity index (χ1v) is 11.6. The Hall–Kier alpha value is -1.41. The summed E-state index contributed by atoms with van der Waals surface area (Å²) in [5, 5.41) is 0. The van der Waals surface area contributed by atoms with Gasteiger partial charge in [-0.3, -0.25) is 20.4 Å². The Morgan fingerprint density at radius 3 is 2.54 bits per heavy atom. The number of hydrogen-bond acceptors (Lipinski definition) is 5. The van der Waals surface area contributed by atoms with Gasteiger partial charge in [0.05, 0.1) is 22.3 Å². The average Bonchev–Trinajstić information content (AvgIpc) is 3.13. The highest BCUT2D eigenvalue weighted by Gasteiger charge is 2.33. The van der Waals surface area contributed by atoms with E-state index in [4.69, 9.17) is 0 Å². The van der Waals surface area contributed by atoms with Crippen molar-refractivity contribution in [1.29, 1.82) is 0 Å². The second-order valence-corrected chi connectivity index (χ2v) is 11.8. The van der Waals surface area contributed by atoms with E-state index in [1.165, 1.54) is 21.8 Å². The van der Waals surface area contributed by atoms with Crippen LogP contribution in [0.1, 0.15) is 53.7 Å². The molecule has 1 aliphatic heterocycles. The third kappa shape index (κ3) is 4.28. The Bertz CT molecular complexity index is 821. The number of nitrogens with one attached hydrogen (secondary N) is 2. The van der Waals surface area contributed by atoms with E-state index in [0.717, 1.165) is 19.3 Å². The molecule has 2 heterocycles. The number of aryl methyl sites for hydroxylation is 1. The summed E-state index contributed by atoms with van der Waals surface area (Å²) in [4.78, 5) is 26.2. The lowest BCUT2D eigenvalue weighted by Crippen LogP contribution is -2.44. The number of sulfone groups is 1. The summed E-state index contributed by atoms with van der Waals surface area (Å²) in [6, 6.07) is 1.93. The first-order chi connectivity index (χ1) is 12.0. The number of thiophene rings is 1. The van der Waals surface area contributed by atoms with E-state index in [0.29, 0.717) is 17.2 Å². The molecule has 0 saturated carbocycles. The maximum atomic E-state index is 12.4. The highest BCUT2D eigenvalue weighted by molar-refractivity contribution is 7.91. The molecular formula is C18H26N2O4S2. The molecule has 1 aromatic rings. The van der Waals surface area contributed by atoms with E-state index in [9.17, 15) is 18.0 Å². The molecule has 0 unspecified atom stereocenters. The molecule has 1 fully saturated rings. The third-order valence-electron chi connectivity index (χ3n) is 5.43. The summed E-state index contributed by atoms with van der Waals surface area (Å²) < 4.78 is 22.9. The summed E-state index contributed by atoms with van der Waals surface area (Å²) in [6.07, 6.45) is 3.41. The minimum atomic E-state index is -3.12. The van der Waals surface area contributed by atoms with Crippen molar-refractivity contribution < 1.29 is 18.0 Å². The molecule has 1 aliphatic carbocycles. The van der Waals surface area contributed by atoms with Gasteiger partial charge in [0.1, 0.15) is 0 Å². The van der Waals surface area contributed by atoms with Gasteiger partial charge in [0.15, 0.2) is 9.84 Å². The zero-order valence-corrected chi connectivity index (χ0v) is 17.1. The molecule has 0 spiro atoms. The fourth-order valence-electron chi connectivity index (χ4n) is 3.66. The standard InChI is InChI=1S/C18H26N2O4S2/c1-18(2,3)13-4-5-14-12(8-13)9-15(25-14)17(22)20-19-16(21)11-6-7-26(23,24)10-11/h9,11,13H,4-8,10H2,1-3H3,(H,19,21)(H,20,22)/t11-,13-/m0/s1. The van der Waals surface area contributed by atoms with Crippen LogP contribution in [0.3, 0.4) is 0 Å². The number of rotatable bonds is 2. The number of carbonyl (C=O) groups is 2. The van der Waals surface area contributed by atoms with Crippen molar-refractivity contribution in [2.24, 2.45) is 17.3 Å². The Balaban J connectivity index is 1.58. The summed E-state index contributed by atoms with van der Waals surface area (Å²) in [7, 11) is -3.12. The van der Waals surface area contributed by atoms with E-state index in [-0.39, 0.29) is 22.8 Å². The summed E-state index contributed by atoms with van der Waals surface area (Å²) in [5.74, 6) is -0.865. The number of amides is 2. The zero-order chi connectivity index (χ0) is 19.1. The molecule has 0 radical (unpaired) electrons. The van der Waals surface area contributed by atoms with Crippen molar-refractivity contribution in [3.63, 3.8) is 0 Å². The van der Waals surface area contributed by atoms with Gasteiger partial charge in [-0.05, 0) is 48.6 Å². The van der Waals surface area contributed by atoms with Crippen molar-refractivity contribution >= 4 is 33.0 Å². The largest absolute Gasteiger partial charge is 0.279 e. The molecule has 144 valence electrons. The maximum Gasteiger partial charge on any atom is 0.279 e. The minimum Gasteiger partial charge on any atom is -0.273 e. The zero-order valence-electron chi connectivity index (χ0n) is 15.4. The van der Waals surface area contributed by atoms with Crippen LogP contribution in [0.2, 0.25) is 0 Å². The quantitative estimate of drug-likeness (QED) is 0.746. The van der Waals surface area contributed by atoms with Crippen LogP contribution in [-0.2, 0) is 27.5 Å². The smallest absolute Gasteiger partial charge is 0.273 e. The molecule has 6 nitrogen and oxygen atoms in total. The number of hydrazine groups is 1.